The molecule has 1 atom stereocenters. The first kappa shape index (κ1) is 14.0. The second-order valence-corrected chi connectivity index (χ2v) is 4.23. The molecule has 0 fully saturated rings. The molecule has 1 aromatic rings. The zero-order chi connectivity index (χ0) is 13.7. The van der Waals surface area contributed by atoms with Gasteiger partial charge in [0.25, 0.3) is 0 Å². The molecular weight excluding hydrogens is 228 g/mol. The lowest BCUT2D eigenvalue weighted by Gasteiger charge is -2.13. The van der Waals surface area contributed by atoms with Crippen molar-refractivity contribution in [3.05, 3.63) is 54.1 Å². The number of aromatic hydroxyl groups is 1. The fraction of sp³-hybridized carbons (Fsp3) is 0.267. The van der Waals surface area contributed by atoms with E-state index in [9.17, 15) is 9.90 Å². The van der Waals surface area contributed by atoms with Crippen molar-refractivity contribution in [2.24, 2.45) is 0 Å². The third-order valence-corrected chi connectivity index (χ3v) is 2.89. The molecule has 0 aliphatic heterocycles. The van der Waals surface area contributed by atoms with Gasteiger partial charge in [-0.25, -0.2) is 0 Å². The predicted octanol–water partition coefficient (Wildman–Crippen LogP) is 3.04. The number of rotatable bonds is 6. The number of phenols is 1. The van der Waals surface area contributed by atoms with Crippen LogP contribution >= 0.6 is 0 Å². The minimum atomic E-state index is -0.880. The van der Waals surface area contributed by atoms with Crippen LogP contribution in [0.4, 0.5) is 0 Å². The van der Waals surface area contributed by atoms with Gasteiger partial charge in [0.1, 0.15) is 5.75 Å². The van der Waals surface area contributed by atoms with E-state index in [0.29, 0.717) is 29.5 Å². The van der Waals surface area contributed by atoms with Crippen LogP contribution < -0.4 is 0 Å². The van der Waals surface area contributed by atoms with E-state index in [1.54, 1.807) is 31.2 Å². The number of carbonyl (C=O) groups is 1. The van der Waals surface area contributed by atoms with E-state index in [1.165, 1.54) is 0 Å². The SMILES string of the molecule is C=CCc1cc(C(C)C(=O)O)cc(CC=C)c1O. The lowest BCUT2D eigenvalue weighted by Crippen LogP contribution is -2.08. The van der Waals surface area contributed by atoms with Crippen LogP contribution in [0.5, 0.6) is 5.75 Å². The Kier molecular flexibility index (Phi) is 4.72. The van der Waals surface area contributed by atoms with Crippen molar-refractivity contribution < 1.29 is 15.0 Å². The molecule has 0 aliphatic carbocycles. The van der Waals surface area contributed by atoms with Crippen LogP contribution in [0.3, 0.4) is 0 Å². The zero-order valence-electron chi connectivity index (χ0n) is 10.5. The van der Waals surface area contributed by atoms with E-state index in [-0.39, 0.29) is 5.75 Å². The van der Waals surface area contributed by atoms with Crippen LogP contribution in [0, 0.1) is 0 Å². The highest BCUT2D eigenvalue weighted by Gasteiger charge is 2.17. The van der Waals surface area contributed by atoms with Crippen LogP contribution in [0.25, 0.3) is 0 Å². The first-order valence-corrected chi connectivity index (χ1v) is 5.80. The Morgan fingerprint density at radius 2 is 1.72 bits per heavy atom. The van der Waals surface area contributed by atoms with Crippen molar-refractivity contribution >= 4 is 5.97 Å². The number of carboxylic acid groups (broad SMARTS) is 1. The lowest BCUT2D eigenvalue weighted by molar-refractivity contribution is -0.138. The Labute approximate surface area is 107 Å². The van der Waals surface area contributed by atoms with Crippen LogP contribution in [0.2, 0.25) is 0 Å². The maximum atomic E-state index is 11.0. The Hall–Kier alpha value is -2.03. The Morgan fingerprint density at radius 3 is 2.06 bits per heavy atom. The van der Waals surface area contributed by atoms with Crippen LogP contribution in [0.1, 0.15) is 29.5 Å². The molecule has 1 unspecified atom stereocenters. The van der Waals surface area contributed by atoms with Gasteiger partial charge in [-0.1, -0.05) is 24.3 Å². The van der Waals surface area contributed by atoms with Gasteiger partial charge in [0.2, 0.25) is 0 Å². The lowest BCUT2D eigenvalue weighted by atomic mass is 9.93. The van der Waals surface area contributed by atoms with Crippen LogP contribution in [0.15, 0.2) is 37.4 Å². The summed E-state index contributed by atoms with van der Waals surface area (Å²) in [6.45, 7) is 8.90. The van der Waals surface area contributed by atoms with Gasteiger partial charge in [-0.3, -0.25) is 4.79 Å². The average molecular weight is 246 g/mol. The first-order chi connectivity index (χ1) is 8.51. The molecule has 0 heterocycles. The summed E-state index contributed by atoms with van der Waals surface area (Å²) < 4.78 is 0. The van der Waals surface area contributed by atoms with E-state index in [2.05, 4.69) is 13.2 Å². The summed E-state index contributed by atoms with van der Waals surface area (Å²) in [6, 6.07) is 3.45. The molecule has 1 rings (SSSR count). The summed E-state index contributed by atoms with van der Waals surface area (Å²) in [5.41, 5.74) is 2.09. The minimum Gasteiger partial charge on any atom is -0.507 e. The van der Waals surface area contributed by atoms with Gasteiger partial charge in [-0.2, -0.15) is 0 Å². The summed E-state index contributed by atoms with van der Waals surface area (Å²) in [5, 5.41) is 19.1. The van der Waals surface area contributed by atoms with Gasteiger partial charge in [0.15, 0.2) is 0 Å². The Morgan fingerprint density at radius 1 is 1.28 bits per heavy atom. The summed E-state index contributed by atoms with van der Waals surface area (Å²) in [7, 11) is 0. The maximum absolute atomic E-state index is 11.0. The van der Waals surface area contributed by atoms with E-state index in [4.69, 9.17) is 5.11 Å². The summed E-state index contributed by atoms with van der Waals surface area (Å²) in [4.78, 5) is 11.0. The second-order valence-electron chi connectivity index (χ2n) is 4.23. The molecular formula is C15H18O3. The van der Waals surface area contributed by atoms with Gasteiger partial charge < -0.3 is 10.2 Å². The molecule has 0 aromatic heterocycles. The molecule has 0 aliphatic rings. The average Bonchev–Trinajstić information content (AvgIpc) is 2.33. The van der Waals surface area contributed by atoms with E-state index < -0.39 is 11.9 Å². The normalized spacial score (nSPS) is 11.8. The third-order valence-electron chi connectivity index (χ3n) is 2.89. The van der Waals surface area contributed by atoms with Crippen molar-refractivity contribution in [1.82, 2.24) is 0 Å². The van der Waals surface area contributed by atoms with Gasteiger partial charge in [0.05, 0.1) is 5.92 Å². The number of phenolic OH excluding ortho intramolecular Hbond substituents is 1. The fourth-order valence-corrected chi connectivity index (χ4v) is 1.80. The molecule has 0 radical (unpaired) electrons. The van der Waals surface area contributed by atoms with Crippen molar-refractivity contribution in [3.63, 3.8) is 0 Å². The Balaban J connectivity index is 3.31. The van der Waals surface area contributed by atoms with Gasteiger partial charge in [0, 0.05) is 0 Å². The van der Waals surface area contributed by atoms with Crippen LogP contribution in [-0.2, 0) is 17.6 Å². The number of hydrogen-bond acceptors (Lipinski definition) is 2. The quantitative estimate of drug-likeness (QED) is 0.758. The van der Waals surface area contributed by atoms with Crippen molar-refractivity contribution in [2.45, 2.75) is 25.7 Å². The molecule has 3 heteroatoms. The van der Waals surface area contributed by atoms with Gasteiger partial charge >= 0.3 is 5.97 Å². The third kappa shape index (κ3) is 3.00. The largest absolute Gasteiger partial charge is 0.507 e. The molecule has 0 saturated heterocycles. The molecule has 3 nitrogen and oxygen atoms in total. The highest BCUT2D eigenvalue weighted by atomic mass is 16.4. The summed E-state index contributed by atoms with van der Waals surface area (Å²) in [5.74, 6) is -1.27. The highest BCUT2D eigenvalue weighted by molar-refractivity contribution is 5.76. The molecule has 0 saturated carbocycles. The molecule has 0 spiro atoms. The van der Waals surface area contributed by atoms with E-state index >= 15 is 0 Å². The Bertz CT molecular complexity index is 444. The zero-order valence-corrected chi connectivity index (χ0v) is 10.5. The maximum Gasteiger partial charge on any atom is 0.310 e. The van der Waals surface area contributed by atoms with Crippen molar-refractivity contribution in [3.8, 4) is 5.75 Å². The number of benzene rings is 1. The molecule has 0 bridgehead atoms. The molecule has 1 aromatic carbocycles. The van der Waals surface area contributed by atoms with Gasteiger partial charge in [-0.05, 0) is 36.5 Å². The van der Waals surface area contributed by atoms with E-state index in [0.717, 1.165) is 0 Å². The minimum absolute atomic E-state index is 0.205. The monoisotopic (exact) mass is 246 g/mol. The number of hydrogen-bond donors (Lipinski definition) is 2. The topological polar surface area (TPSA) is 57.5 Å². The molecule has 96 valence electrons. The van der Waals surface area contributed by atoms with E-state index in [1.807, 2.05) is 0 Å². The number of carboxylic acids is 1. The van der Waals surface area contributed by atoms with Crippen molar-refractivity contribution in [1.29, 1.82) is 0 Å². The molecule has 2 N–H and O–H groups in total. The highest BCUT2D eigenvalue weighted by Crippen LogP contribution is 2.29. The van der Waals surface area contributed by atoms with Crippen molar-refractivity contribution in [2.75, 3.05) is 0 Å². The fourth-order valence-electron chi connectivity index (χ4n) is 1.80. The summed E-state index contributed by atoms with van der Waals surface area (Å²) in [6.07, 6.45) is 4.39. The molecule has 18 heavy (non-hydrogen) atoms. The smallest absolute Gasteiger partial charge is 0.310 e. The predicted molar refractivity (Wildman–Crippen MR) is 72.0 cm³/mol. The standard InChI is InChI=1S/C15H18O3/c1-4-6-11-8-13(10(3)15(17)18)9-12(7-5-2)14(11)16/h4-5,8-10,16H,1-2,6-7H2,3H3,(H,17,18). The second kappa shape index (κ2) is 6.05. The molecule has 0 amide bonds. The van der Waals surface area contributed by atoms with Gasteiger partial charge in [-0.15, -0.1) is 13.2 Å². The number of allylic oxidation sites excluding steroid dienone is 2. The summed E-state index contributed by atoms with van der Waals surface area (Å²) >= 11 is 0. The number of aliphatic carboxylic acids is 1. The first-order valence-electron chi connectivity index (χ1n) is 5.80. The van der Waals surface area contributed by atoms with Crippen LogP contribution in [-0.4, -0.2) is 16.2 Å².